The van der Waals surface area contributed by atoms with Crippen molar-refractivity contribution in [2.45, 2.75) is 38.5 Å². The maximum atomic E-state index is 10.5. The third kappa shape index (κ3) is 2.03. The summed E-state index contributed by atoms with van der Waals surface area (Å²) in [6.07, 6.45) is 5.34. The van der Waals surface area contributed by atoms with Gasteiger partial charge in [0.2, 0.25) is 0 Å². The number of nitrogens with zero attached hydrogens (tertiary/aromatic N) is 2. The smallest absolute Gasteiger partial charge is 0.303 e. The topological polar surface area (TPSA) is 55.1 Å². The molecule has 2 rings (SSSR count). The second-order valence-corrected chi connectivity index (χ2v) is 4.10. The van der Waals surface area contributed by atoms with E-state index in [1.165, 1.54) is 24.1 Å². The highest BCUT2D eigenvalue weighted by molar-refractivity contribution is 5.67. The van der Waals surface area contributed by atoms with Gasteiger partial charge in [0, 0.05) is 19.2 Å². The lowest BCUT2D eigenvalue weighted by Crippen LogP contribution is -2.06. The molecule has 4 heteroatoms. The number of hydrogen-bond acceptors (Lipinski definition) is 2. The number of rotatable bonds is 3. The monoisotopic (exact) mass is 208 g/mol. The largest absolute Gasteiger partial charge is 0.481 e. The summed E-state index contributed by atoms with van der Waals surface area (Å²) in [4.78, 5) is 10.5. The molecule has 1 aliphatic rings. The zero-order valence-electron chi connectivity index (χ0n) is 8.99. The quantitative estimate of drug-likeness (QED) is 0.815. The Labute approximate surface area is 88.9 Å². The van der Waals surface area contributed by atoms with Crippen molar-refractivity contribution >= 4 is 5.97 Å². The van der Waals surface area contributed by atoms with Crippen LogP contribution in [0.2, 0.25) is 0 Å². The molecular weight excluding hydrogens is 192 g/mol. The number of aryl methyl sites for hydroxylation is 2. The third-order valence-electron chi connectivity index (χ3n) is 3.02. The lowest BCUT2D eigenvalue weighted by Gasteiger charge is -2.12. The van der Waals surface area contributed by atoms with Gasteiger partial charge in [-0.05, 0) is 31.2 Å². The molecule has 4 nitrogen and oxygen atoms in total. The standard InChI is InChI=1S/C11H16N2O2/c1-13-10-5-3-2-4-8(10)9(12-13)6-7-11(14)15/h2-7H2,1H3,(H,14,15). The highest BCUT2D eigenvalue weighted by Gasteiger charge is 2.19. The van der Waals surface area contributed by atoms with Gasteiger partial charge in [-0.2, -0.15) is 5.10 Å². The number of fused-ring (bicyclic) bond motifs is 1. The summed E-state index contributed by atoms with van der Waals surface area (Å²) in [6.45, 7) is 0. The SMILES string of the molecule is Cn1nc(CCC(=O)O)c2c1CCCC2. The second-order valence-electron chi connectivity index (χ2n) is 4.10. The third-order valence-corrected chi connectivity index (χ3v) is 3.02. The lowest BCUT2D eigenvalue weighted by atomic mass is 9.94. The van der Waals surface area contributed by atoms with Crippen LogP contribution in [0.1, 0.15) is 36.2 Å². The first-order valence-electron chi connectivity index (χ1n) is 5.44. The van der Waals surface area contributed by atoms with Crippen molar-refractivity contribution < 1.29 is 9.90 Å². The average Bonchev–Trinajstić information content (AvgIpc) is 2.54. The zero-order valence-corrected chi connectivity index (χ0v) is 8.99. The van der Waals surface area contributed by atoms with Crippen LogP contribution in [0.25, 0.3) is 0 Å². The molecule has 1 aliphatic carbocycles. The van der Waals surface area contributed by atoms with E-state index in [4.69, 9.17) is 5.11 Å². The summed E-state index contributed by atoms with van der Waals surface area (Å²) in [6, 6.07) is 0. The Morgan fingerprint density at radius 2 is 2.20 bits per heavy atom. The van der Waals surface area contributed by atoms with Crippen LogP contribution in [-0.4, -0.2) is 20.9 Å². The van der Waals surface area contributed by atoms with Crippen molar-refractivity contribution in [2.75, 3.05) is 0 Å². The van der Waals surface area contributed by atoms with E-state index in [0.717, 1.165) is 18.5 Å². The van der Waals surface area contributed by atoms with E-state index in [9.17, 15) is 4.79 Å². The van der Waals surface area contributed by atoms with Crippen LogP contribution in [0.15, 0.2) is 0 Å². The highest BCUT2D eigenvalue weighted by atomic mass is 16.4. The van der Waals surface area contributed by atoms with Gasteiger partial charge in [0.15, 0.2) is 0 Å². The first-order valence-corrected chi connectivity index (χ1v) is 5.44. The van der Waals surface area contributed by atoms with E-state index in [-0.39, 0.29) is 6.42 Å². The van der Waals surface area contributed by atoms with Crippen LogP contribution in [-0.2, 0) is 31.1 Å². The lowest BCUT2D eigenvalue weighted by molar-refractivity contribution is -0.136. The number of carboxylic acid groups (broad SMARTS) is 1. The van der Waals surface area contributed by atoms with Gasteiger partial charge in [0.25, 0.3) is 0 Å². The maximum Gasteiger partial charge on any atom is 0.303 e. The fourth-order valence-corrected chi connectivity index (χ4v) is 2.29. The second kappa shape index (κ2) is 4.04. The number of aliphatic carboxylic acids is 1. The number of carboxylic acids is 1. The number of carbonyl (C=O) groups is 1. The van der Waals surface area contributed by atoms with Gasteiger partial charge in [-0.1, -0.05) is 0 Å². The molecule has 0 fully saturated rings. The van der Waals surface area contributed by atoms with Crippen molar-refractivity contribution in [2.24, 2.45) is 7.05 Å². The van der Waals surface area contributed by atoms with Gasteiger partial charge in [-0.25, -0.2) is 0 Å². The van der Waals surface area contributed by atoms with Crippen LogP contribution in [0.3, 0.4) is 0 Å². The molecule has 0 saturated heterocycles. The van der Waals surface area contributed by atoms with Crippen molar-refractivity contribution in [3.05, 3.63) is 17.0 Å². The highest BCUT2D eigenvalue weighted by Crippen LogP contribution is 2.24. The molecular formula is C11H16N2O2. The fourth-order valence-electron chi connectivity index (χ4n) is 2.29. The molecule has 1 aromatic rings. The predicted octanol–water partition coefficient (Wildman–Crippen LogP) is 1.32. The van der Waals surface area contributed by atoms with Gasteiger partial charge in [0.05, 0.1) is 12.1 Å². The van der Waals surface area contributed by atoms with Crippen LogP contribution < -0.4 is 0 Å². The zero-order chi connectivity index (χ0) is 10.8. The predicted molar refractivity (Wildman–Crippen MR) is 55.8 cm³/mol. The molecule has 0 saturated carbocycles. The van der Waals surface area contributed by atoms with Gasteiger partial charge >= 0.3 is 5.97 Å². The van der Waals surface area contributed by atoms with E-state index in [1.807, 2.05) is 11.7 Å². The molecule has 0 aromatic carbocycles. The minimum absolute atomic E-state index is 0.184. The van der Waals surface area contributed by atoms with Gasteiger partial charge in [-0.15, -0.1) is 0 Å². The molecule has 0 spiro atoms. The Bertz CT molecular complexity index is 382. The van der Waals surface area contributed by atoms with E-state index in [1.54, 1.807) is 0 Å². The van der Waals surface area contributed by atoms with E-state index in [0.29, 0.717) is 6.42 Å². The molecule has 0 bridgehead atoms. The van der Waals surface area contributed by atoms with Crippen molar-refractivity contribution in [1.29, 1.82) is 0 Å². The molecule has 1 heterocycles. The fraction of sp³-hybridized carbons (Fsp3) is 0.636. The van der Waals surface area contributed by atoms with Gasteiger partial charge in [-0.3, -0.25) is 9.48 Å². The van der Waals surface area contributed by atoms with Crippen molar-refractivity contribution in [3.8, 4) is 0 Å². The summed E-state index contributed by atoms with van der Waals surface area (Å²) in [7, 11) is 1.95. The maximum absolute atomic E-state index is 10.5. The van der Waals surface area contributed by atoms with E-state index >= 15 is 0 Å². The summed E-state index contributed by atoms with van der Waals surface area (Å²) < 4.78 is 1.92. The van der Waals surface area contributed by atoms with Crippen molar-refractivity contribution in [1.82, 2.24) is 9.78 Å². The minimum Gasteiger partial charge on any atom is -0.481 e. The summed E-state index contributed by atoms with van der Waals surface area (Å²) in [5, 5.41) is 13.1. The van der Waals surface area contributed by atoms with Crippen LogP contribution in [0.5, 0.6) is 0 Å². The van der Waals surface area contributed by atoms with Gasteiger partial charge in [0.1, 0.15) is 0 Å². The van der Waals surface area contributed by atoms with Crippen molar-refractivity contribution in [3.63, 3.8) is 0 Å². The Kier molecular flexibility index (Phi) is 2.75. The summed E-state index contributed by atoms with van der Waals surface area (Å²) in [5.41, 5.74) is 3.61. The van der Waals surface area contributed by atoms with Crippen LogP contribution in [0.4, 0.5) is 0 Å². The van der Waals surface area contributed by atoms with Gasteiger partial charge < -0.3 is 5.11 Å². The first-order chi connectivity index (χ1) is 7.18. The Hall–Kier alpha value is -1.32. The number of hydrogen-bond donors (Lipinski definition) is 1. The normalized spacial score (nSPS) is 15.0. The molecule has 82 valence electrons. The first kappa shape index (κ1) is 10.2. The molecule has 0 unspecified atom stereocenters. The molecule has 1 N–H and O–H groups in total. The minimum atomic E-state index is -0.745. The Morgan fingerprint density at radius 1 is 1.47 bits per heavy atom. The Morgan fingerprint density at radius 3 is 2.93 bits per heavy atom. The van der Waals surface area contributed by atoms with Crippen LogP contribution >= 0.6 is 0 Å². The molecule has 15 heavy (non-hydrogen) atoms. The summed E-state index contributed by atoms with van der Waals surface area (Å²) >= 11 is 0. The molecule has 0 aliphatic heterocycles. The summed E-state index contributed by atoms with van der Waals surface area (Å²) in [5.74, 6) is -0.745. The number of aromatic nitrogens is 2. The molecule has 0 amide bonds. The molecule has 0 atom stereocenters. The van der Waals surface area contributed by atoms with Crippen LogP contribution in [0, 0.1) is 0 Å². The average molecular weight is 208 g/mol. The Balaban J connectivity index is 2.20. The van der Waals surface area contributed by atoms with E-state index < -0.39 is 5.97 Å². The van der Waals surface area contributed by atoms with E-state index in [2.05, 4.69) is 5.10 Å². The molecule has 1 aromatic heterocycles. The molecule has 0 radical (unpaired) electrons.